The van der Waals surface area contributed by atoms with Gasteiger partial charge in [0.1, 0.15) is 6.04 Å². The zero-order valence-electron chi connectivity index (χ0n) is 12.7. The van der Waals surface area contributed by atoms with E-state index in [-0.39, 0.29) is 11.4 Å². The topological polar surface area (TPSA) is 83.6 Å². The van der Waals surface area contributed by atoms with Crippen molar-refractivity contribution in [3.63, 3.8) is 0 Å². The fourth-order valence-electron chi connectivity index (χ4n) is 2.26. The molecule has 0 saturated heterocycles. The molecule has 0 saturated carbocycles. The molecule has 2 N–H and O–H groups in total. The second kappa shape index (κ2) is 6.71. The number of alkyl halides is 3. The third kappa shape index (κ3) is 3.82. The van der Waals surface area contributed by atoms with Crippen LogP contribution in [0.15, 0.2) is 54.6 Å². The molecule has 1 atom stereocenters. The quantitative estimate of drug-likeness (QED) is 0.760. The van der Waals surface area contributed by atoms with Gasteiger partial charge in [-0.25, -0.2) is 0 Å². The third-order valence-corrected chi connectivity index (χ3v) is 3.50. The van der Waals surface area contributed by atoms with Gasteiger partial charge in [-0.05, 0) is 29.8 Å². The van der Waals surface area contributed by atoms with E-state index in [2.05, 4.69) is 25.9 Å². The number of aromatic nitrogens is 4. The van der Waals surface area contributed by atoms with E-state index in [4.69, 9.17) is 0 Å². The number of amides is 1. The number of H-pyrrole nitrogens is 1. The van der Waals surface area contributed by atoms with Gasteiger partial charge in [0, 0.05) is 5.56 Å². The van der Waals surface area contributed by atoms with Crippen molar-refractivity contribution in [1.82, 2.24) is 25.9 Å². The molecule has 0 aliphatic carbocycles. The third-order valence-electron chi connectivity index (χ3n) is 3.50. The number of nitrogens with zero attached hydrogens (tertiary/aromatic N) is 3. The van der Waals surface area contributed by atoms with Gasteiger partial charge in [-0.3, -0.25) is 4.79 Å². The fraction of sp³-hybridized carbons (Fsp3) is 0.125. The molecule has 3 rings (SSSR count). The molecule has 1 aromatic heterocycles. The predicted octanol–water partition coefficient (Wildman–Crippen LogP) is 2.74. The highest BCUT2D eigenvalue weighted by Gasteiger charge is 2.30. The summed E-state index contributed by atoms with van der Waals surface area (Å²) in [4.78, 5) is 12.4. The number of hydrogen-bond acceptors (Lipinski definition) is 4. The number of nitrogens with one attached hydrogen (secondary N) is 2. The molecule has 3 aromatic rings. The van der Waals surface area contributed by atoms with Crippen LogP contribution in [0.2, 0.25) is 0 Å². The highest BCUT2D eigenvalue weighted by atomic mass is 19.4. The minimum Gasteiger partial charge on any atom is -0.338 e. The number of benzene rings is 2. The van der Waals surface area contributed by atoms with E-state index >= 15 is 0 Å². The molecule has 25 heavy (non-hydrogen) atoms. The number of halogens is 3. The number of carbonyl (C=O) groups excluding carboxylic acids is 1. The van der Waals surface area contributed by atoms with Gasteiger partial charge >= 0.3 is 6.18 Å². The highest BCUT2D eigenvalue weighted by Crippen LogP contribution is 2.29. The van der Waals surface area contributed by atoms with E-state index in [0.717, 1.165) is 24.3 Å². The van der Waals surface area contributed by atoms with E-state index in [0.29, 0.717) is 5.56 Å². The molecule has 1 heterocycles. The molecule has 1 unspecified atom stereocenters. The van der Waals surface area contributed by atoms with Crippen molar-refractivity contribution >= 4 is 5.91 Å². The minimum absolute atomic E-state index is 0.0948. The summed E-state index contributed by atoms with van der Waals surface area (Å²) in [5, 5.41) is 16.2. The summed E-state index contributed by atoms with van der Waals surface area (Å²) in [7, 11) is 0. The van der Waals surface area contributed by atoms with Crippen LogP contribution in [0.1, 0.15) is 33.4 Å². The first kappa shape index (κ1) is 16.6. The van der Waals surface area contributed by atoms with E-state index < -0.39 is 23.7 Å². The molecular formula is C16H12F3N5O. The Morgan fingerprint density at radius 1 is 1.04 bits per heavy atom. The largest absolute Gasteiger partial charge is 0.416 e. The number of rotatable bonds is 4. The Hall–Kier alpha value is -3.23. The SMILES string of the molecule is O=C(NC(c1ccccc1)c1nn[nH]n1)c1ccc(C(F)(F)F)cc1. The Bertz CT molecular complexity index is 832. The lowest BCUT2D eigenvalue weighted by molar-refractivity contribution is -0.137. The molecule has 6 nitrogen and oxygen atoms in total. The summed E-state index contributed by atoms with van der Waals surface area (Å²) in [6.07, 6.45) is -4.45. The molecule has 0 aliphatic heterocycles. The maximum absolute atomic E-state index is 12.6. The lowest BCUT2D eigenvalue weighted by atomic mass is 10.1. The summed E-state index contributed by atoms with van der Waals surface area (Å²) in [5.74, 6) is -0.307. The molecule has 0 radical (unpaired) electrons. The average Bonchev–Trinajstić information content (AvgIpc) is 3.14. The van der Waals surface area contributed by atoms with Crippen LogP contribution in [-0.4, -0.2) is 26.5 Å². The maximum atomic E-state index is 12.6. The molecule has 2 aromatic carbocycles. The Labute approximate surface area is 140 Å². The first-order valence-corrected chi connectivity index (χ1v) is 7.21. The summed E-state index contributed by atoms with van der Waals surface area (Å²) in [6.45, 7) is 0. The van der Waals surface area contributed by atoms with Gasteiger partial charge in [0.15, 0.2) is 0 Å². The Balaban J connectivity index is 1.84. The van der Waals surface area contributed by atoms with Gasteiger partial charge in [0.2, 0.25) is 5.82 Å². The molecular weight excluding hydrogens is 335 g/mol. The van der Waals surface area contributed by atoms with Crippen LogP contribution >= 0.6 is 0 Å². The number of tetrazole rings is 1. The minimum atomic E-state index is -4.45. The van der Waals surface area contributed by atoms with Crippen molar-refractivity contribution in [1.29, 1.82) is 0 Å². The van der Waals surface area contributed by atoms with Crippen molar-refractivity contribution in [3.05, 3.63) is 77.1 Å². The molecule has 0 fully saturated rings. The number of aromatic amines is 1. The monoisotopic (exact) mass is 347 g/mol. The van der Waals surface area contributed by atoms with Crippen LogP contribution in [0, 0.1) is 0 Å². The molecule has 0 aliphatic rings. The van der Waals surface area contributed by atoms with Gasteiger partial charge in [-0.2, -0.15) is 18.4 Å². The van der Waals surface area contributed by atoms with Crippen LogP contribution in [0.3, 0.4) is 0 Å². The Morgan fingerprint density at radius 3 is 2.28 bits per heavy atom. The second-order valence-electron chi connectivity index (χ2n) is 5.16. The zero-order chi connectivity index (χ0) is 17.9. The predicted molar refractivity (Wildman–Crippen MR) is 81.4 cm³/mol. The van der Waals surface area contributed by atoms with Crippen molar-refractivity contribution in [2.45, 2.75) is 12.2 Å². The maximum Gasteiger partial charge on any atom is 0.416 e. The number of carbonyl (C=O) groups is 1. The standard InChI is InChI=1S/C16H12F3N5O/c17-16(18,19)12-8-6-11(7-9-12)15(25)20-13(14-21-23-24-22-14)10-4-2-1-3-5-10/h1-9,13H,(H,20,25)(H,21,22,23,24). The van der Waals surface area contributed by atoms with Crippen LogP contribution < -0.4 is 5.32 Å². The van der Waals surface area contributed by atoms with E-state index in [1.165, 1.54) is 0 Å². The Morgan fingerprint density at radius 2 is 1.72 bits per heavy atom. The van der Waals surface area contributed by atoms with Crippen LogP contribution in [0.4, 0.5) is 13.2 Å². The normalized spacial score (nSPS) is 12.6. The molecule has 128 valence electrons. The zero-order valence-corrected chi connectivity index (χ0v) is 12.7. The van der Waals surface area contributed by atoms with Gasteiger partial charge in [-0.15, -0.1) is 10.2 Å². The first-order chi connectivity index (χ1) is 11.9. The van der Waals surface area contributed by atoms with Crippen LogP contribution in [-0.2, 0) is 6.18 Å². The van der Waals surface area contributed by atoms with Crippen molar-refractivity contribution in [3.8, 4) is 0 Å². The molecule has 0 spiro atoms. The fourth-order valence-corrected chi connectivity index (χ4v) is 2.26. The van der Waals surface area contributed by atoms with Crippen molar-refractivity contribution in [2.24, 2.45) is 0 Å². The van der Waals surface area contributed by atoms with E-state index in [1.54, 1.807) is 24.3 Å². The van der Waals surface area contributed by atoms with Crippen molar-refractivity contribution in [2.75, 3.05) is 0 Å². The van der Waals surface area contributed by atoms with E-state index in [9.17, 15) is 18.0 Å². The average molecular weight is 347 g/mol. The smallest absolute Gasteiger partial charge is 0.338 e. The lowest BCUT2D eigenvalue weighted by Gasteiger charge is -2.16. The molecule has 1 amide bonds. The highest BCUT2D eigenvalue weighted by molar-refractivity contribution is 5.94. The van der Waals surface area contributed by atoms with E-state index in [1.807, 2.05) is 6.07 Å². The summed E-state index contributed by atoms with van der Waals surface area (Å²) in [5.41, 5.74) is -0.0107. The van der Waals surface area contributed by atoms with Gasteiger partial charge in [-0.1, -0.05) is 35.5 Å². The summed E-state index contributed by atoms with van der Waals surface area (Å²) in [6, 6.07) is 12.2. The summed E-state index contributed by atoms with van der Waals surface area (Å²) < 4.78 is 37.8. The molecule has 0 bridgehead atoms. The van der Waals surface area contributed by atoms with Gasteiger partial charge in [0.25, 0.3) is 5.91 Å². The van der Waals surface area contributed by atoms with Gasteiger partial charge < -0.3 is 5.32 Å². The van der Waals surface area contributed by atoms with Crippen LogP contribution in [0.5, 0.6) is 0 Å². The summed E-state index contributed by atoms with van der Waals surface area (Å²) >= 11 is 0. The number of hydrogen-bond donors (Lipinski definition) is 2. The van der Waals surface area contributed by atoms with Crippen LogP contribution in [0.25, 0.3) is 0 Å². The van der Waals surface area contributed by atoms with Crippen molar-refractivity contribution < 1.29 is 18.0 Å². The van der Waals surface area contributed by atoms with Gasteiger partial charge in [0.05, 0.1) is 5.56 Å². The second-order valence-corrected chi connectivity index (χ2v) is 5.16. The lowest BCUT2D eigenvalue weighted by Crippen LogP contribution is -2.30. The first-order valence-electron chi connectivity index (χ1n) is 7.21. The Kier molecular flexibility index (Phi) is 4.46. The molecule has 9 heteroatoms.